The predicted octanol–water partition coefficient (Wildman–Crippen LogP) is 4.12. The average molecular weight is 462 g/mol. The zero-order chi connectivity index (χ0) is 24.0. The lowest BCUT2D eigenvalue weighted by Crippen LogP contribution is -2.53. The van der Waals surface area contributed by atoms with E-state index in [9.17, 15) is 14.4 Å². The highest BCUT2D eigenvalue weighted by molar-refractivity contribution is 6.00. The quantitative estimate of drug-likeness (QED) is 0.546. The van der Waals surface area contributed by atoms with Crippen molar-refractivity contribution in [1.29, 1.82) is 0 Å². The Labute approximate surface area is 197 Å². The van der Waals surface area contributed by atoms with Crippen LogP contribution in [0, 0.1) is 20.8 Å². The fraction of sp³-hybridized carbons (Fsp3) is 0.370. The van der Waals surface area contributed by atoms with Crippen molar-refractivity contribution >= 4 is 22.7 Å². The van der Waals surface area contributed by atoms with Gasteiger partial charge in [0, 0.05) is 43.5 Å². The second-order valence-electron chi connectivity index (χ2n) is 9.39. The lowest BCUT2D eigenvalue weighted by molar-refractivity contribution is -0.136. The van der Waals surface area contributed by atoms with E-state index in [4.69, 9.17) is 13.9 Å². The number of rotatable bonds is 3. The first-order valence-corrected chi connectivity index (χ1v) is 11.5. The highest BCUT2D eigenvalue weighted by atomic mass is 16.5. The smallest absolute Gasteiger partial charge is 0.336 e. The molecule has 3 heterocycles. The number of benzene rings is 2. The molecule has 0 N–H and O–H groups in total. The Balaban J connectivity index is 1.22. The van der Waals surface area contributed by atoms with Crippen LogP contribution in [0.4, 0.5) is 0 Å². The number of carbonyl (C=O) groups excluding carboxylic acids is 2. The van der Waals surface area contributed by atoms with Gasteiger partial charge in [0.15, 0.2) is 12.4 Å². The van der Waals surface area contributed by atoms with Crippen LogP contribution in [-0.4, -0.2) is 41.9 Å². The SMILES string of the molecule is Cc1cc2c(cc1C)C(=O)CC1(CCN(C(=O)COc3ccc4c(C)cc(=O)oc4c3)CC1)O2. The molecule has 176 valence electrons. The third kappa shape index (κ3) is 4.06. The number of ketones is 1. The minimum Gasteiger partial charge on any atom is -0.486 e. The molecule has 0 aliphatic carbocycles. The van der Waals surface area contributed by atoms with E-state index in [1.807, 2.05) is 39.0 Å². The Kier molecular flexibility index (Phi) is 5.42. The van der Waals surface area contributed by atoms with E-state index in [-0.39, 0.29) is 18.3 Å². The molecule has 2 aliphatic rings. The van der Waals surface area contributed by atoms with Crippen LogP contribution in [0.25, 0.3) is 11.0 Å². The van der Waals surface area contributed by atoms with Crippen molar-refractivity contribution in [2.75, 3.05) is 19.7 Å². The first-order valence-electron chi connectivity index (χ1n) is 11.5. The molecule has 7 nitrogen and oxygen atoms in total. The number of piperidine rings is 1. The zero-order valence-electron chi connectivity index (χ0n) is 19.6. The normalized spacial score (nSPS) is 16.9. The van der Waals surface area contributed by atoms with Crippen LogP contribution in [-0.2, 0) is 4.79 Å². The highest BCUT2D eigenvalue weighted by Crippen LogP contribution is 2.40. The number of aryl methyl sites for hydroxylation is 3. The first kappa shape index (κ1) is 22.2. The predicted molar refractivity (Wildman–Crippen MR) is 127 cm³/mol. The van der Waals surface area contributed by atoms with Gasteiger partial charge in [-0.2, -0.15) is 0 Å². The molecule has 1 fully saturated rings. The first-order chi connectivity index (χ1) is 16.2. The maximum Gasteiger partial charge on any atom is 0.336 e. The Morgan fingerprint density at radius 1 is 1.00 bits per heavy atom. The van der Waals surface area contributed by atoms with E-state index in [0.29, 0.717) is 55.0 Å². The van der Waals surface area contributed by atoms with E-state index in [1.54, 1.807) is 17.0 Å². The van der Waals surface area contributed by atoms with Crippen molar-refractivity contribution in [3.8, 4) is 11.5 Å². The summed E-state index contributed by atoms with van der Waals surface area (Å²) in [6, 6.07) is 10.5. The number of amides is 1. The molecule has 0 atom stereocenters. The Morgan fingerprint density at radius 3 is 2.50 bits per heavy atom. The molecular weight excluding hydrogens is 434 g/mol. The Bertz CT molecular complexity index is 1360. The summed E-state index contributed by atoms with van der Waals surface area (Å²) in [6.07, 6.45) is 1.53. The van der Waals surface area contributed by atoms with Crippen molar-refractivity contribution in [1.82, 2.24) is 4.90 Å². The summed E-state index contributed by atoms with van der Waals surface area (Å²) in [5, 5.41) is 0.827. The molecule has 2 aliphatic heterocycles. The largest absolute Gasteiger partial charge is 0.486 e. The van der Waals surface area contributed by atoms with Gasteiger partial charge < -0.3 is 18.8 Å². The van der Waals surface area contributed by atoms with Gasteiger partial charge >= 0.3 is 5.63 Å². The van der Waals surface area contributed by atoms with Crippen LogP contribution in [0.1, 0.15) is 46.3 Å². The van der Waals surface area contributed by atoms with E-state index in [2.05, 4.69) is 0 Å². The molecule has 2 aromatic carbocycles. The molecule has 0 saturated carbocycles. The van der Waals surface area contributed by atoms with Crippen LogP contribution in [0.5, 0.6) is 11.5 Å². The maximum atomic E-state index is 12.8. The molecule has 34 heavy (non-hydrogen) atoms. The topological polar surface area (TPSA) is 86.0 Å². The van der Waals surface area contributed by atoms with Gasteiger partial charge in [0.25, 0.3) is 5.91 Å². The third-order valence-electron chi connectivity index (χ3n) is 7.02. The van der Waals surface area contributed by atoms with Gasteiger partial charge in [0.05, 0.1) is 12.0 Å². The molecule has 1 amide bonds. The summed E-state index contributed by atoms with van der Waals surface area (Å²) < 4.78 is 17.3. The molecule has 1 aromatic heterocycles. The van der Waals surface area contributed by atoms with Crippen molar-refractivity contribution in [3.63, 3.8) is 0 Å². The van der Waals surface area contributed by atoms with Gasteiger partial charge in [-0.3, -0.25) is 9.59 Å². The fourth-order valence-corrected chi connectivity index (χ4v) is 4.82. The molecule has 0 bridgehead atoms. The van der Waals surface area contributed by atoms with Crippen LogP contribution in [0.3, 0.4) is 0 Å². The van der Waals surface area contributed by atoms with Crippen molar-refractivity contribution < 1.29 is 23.5 Å². The zero-order valence-corrected chi connectivity index (χ0v) is 19.6. The summed E-state index contributed by atoms with van der Waals surface area (Å²) in [4.78, 5) is 39.0. The lowest BCUT2D eigenvalue weighted by atomic mass is 9.82. The second kappa shape index (κ2) is 8.31. The minimum atomic E-state index is -0.558. The van der Waals surface area contributed by atoms with Crippen molar-refractivity contribution in [2.45, 2.75) is 45.6 Å². The molecule has 7 heteroatoms. The number of Topliss-reactive ketones (excluding diaryl/α,β-unsaturated/α-hetero) is 1. The van der Waals surface area contributed by atoms with Crippen LogP contribution >= 0.6 is 0 Å². The second-order valence-corrected chi connectivity index (χ2v) is 9.39. The standard InChI is InChI=1S/C27H27NO6/c1-16-10-21-22(29)14-27(34-24(21)11-17(16)2)6-8-28(9-7-27)25(30)15-32-19-4-5-20-18(3)12-26(31)33-23(20)13-19/h4-5,10-13H,6-9,14-15H2,1-3H3. The molecule has 0 radical (unpaired) electrons. The van der Waals surface area contributed by atoms with Crippen LogP contribution < -0.4 is 15.1 Å². The molecule has 1 saturated heterocycles. The highest BCUT2D eigenvalue weighted by Gasteiger charge is 2.43. The number of ether oxygens (including phenoxy) is 2. The number of fused-ring (bicyclic) bond motifs is 2. The molecule has 1 spiro atoms. The number of hydrogen-bond donors (Lipinski definition) is 0. The van der Waals surface area contributed by atoms with E-state index < -0.39 is 11.2 Å². The van der Waals surface area contributed by atoms with Gasteiger partial charge in [-0.25, -0.2) is 4.79 Å². The van der Waals surface area contributed by atoms with Crippen molar-refractivity contribution in [3.05, 3.63) is 69.1 Å². The Morgan fingerprint density at radius 2 is 1.74 bits per heavy atom. The summed E-state index contributed by atoms with van der Waals surface area (Å²) >= 11 is 0. The van der Waals surface area contributed by atoms with E-state index in [0.717, 1.165) is 22.1 Å². The number of carbonyl (C=O) groups is 2. The van der Waals surface area contributed by atoms with Crippen molar-refractivity contribution in [2.24, 2.45) is 0 Å². The Hall–Kier alpha value is -3.61. The fourth-order valence-electron chi connectivity index (χ4n) is 4.82. The van der Waals surface area contributed by atoms with E-state index >= 15 is 0 Å². The maximum absolute atomic E-state index is 12.8. The molecular formula is C27H27NO6. The number of nitrogens with zero attached hydrogens (tertiary/aromatic N) is 1. The molecule has 3 aromatic rings. The number of likely N-dealkylation sites (tertiary alicyclic amines) is 1. The number of hydrogen-bond acceptors (Lipinski definition) is 6. The van der Waals surface area contributed by atoms with Gasteiger partial charge in [-0.1, -0.05) is 0 Å². The van der Waals surface area contributed by atoms with Gasteiger partial charge in [-0.05, 0) is 61.7 Å². The third-order valence-corrected chi connectivity index (χ3v) is 7.02. The minimum absolute atomic E-state index is 0.102. The van der Waals surface area contributed by atoms with Gasteiger partial charge in [0.1, 0.15) is 22.7 Å². The lowest BCUT2D eigenvalue weighted by Gasteiger charge is -2.44. The molecule has 0 unspecified atom stereocenters. The summed E-state index contributed by atoms with van der Waals surface area (Å²) in [7, 11) is 0. The van der Waals surface area contributed by atoms with Crippen LogP contribution in [0.15, 0.2) is 45.6 Å². The van der Waals surface area contributed by atoms with Gasteiger partial charge in [0.2, 0.25) is 0 Å². The molecule has 5 rings (SSSR count). The van der Waals surface area contributed by atoms with Gasteiger partial charge in [-0.15, -0.1) is 0 Å². The average Bonchev–Trinajstić information content (AvgIpc) is 2.79. The summed E-state index contributed by atoms with van der Waals surface area (Å²) in [5.74, 6) is 1.09. The summed E-state index contributed by atoms with van der Waals surface area (Å²) in [6.45, 7) is 6.74. The summed E-state index contributed by atoms with van der Waals surface area (Å²) in [5.41, 5.74) is 3.11. The van der Waals surface area contributed by atoms with Crippen LogP contribution in [0.2, 0.25) is 0 Å². The van der Waals surface area contributed by atoms with E-state index in [1.165, 1.54) is 6.07 Å². The monoisotopic (exact) mass is 461 g/mol.